The van der Waals surface area contributed by atoms with Gasteiger partial charge in [-0.1, -0.05) is 6.92 Å². The topological polar surface area (TPSA) is 95.9 Å². The molecule has 1 aliphatic carbocycles. The van der Waals surface area contributed by atoms with Crippen LogP contribution in [-0.4, -0.2) is 68.0 Å². The van der Waals surface area contributed by atoms with Crippen molar-refractivity contribution in [2.45, 2.75) is 57.2 Å². The summed E-state index contributed by atoms with van der Waals surface area (Å²) in [5.74, 6) is -0.818. The second-order valence-corrected chi connectivity index (χ2v) is 7.97. The molecule has 1 aliphatic heterocycles. The number of sulfonamides is 1. The van der Waals surface area contributed by atoms with Gasteiger partial charge in [0.25, 0.3) is 0 Å². The van der Waals surface area contributed by atoms with Gasteiger partial charge in [0.15, 0.2) is 0 Å². The second-order valence-electron chi connectivity index (χ2n) is 6.17. The Morgan fingerprint density at radius 1 is 1.36 bits per heavy atom. The number of nitrogens with zero attached hydrogens (tertiary/aromatic N) is 1. The van der Waals surface area contributed by atoms with E-state index in [1.807, 2.05) is 11.8 Å². The molecule has 0 aromatic heterocycles. The Hall–Kier alpha value is -0.700. The maximum absolute atomic E-state index is 12.1. The molecule has 1 saturated heterocycles. The molecule has 2 rings (SSSR count). The minimum atomic E-state index is -3.33. The van der Waals surface area contributed by atoms with Crippen LogP contribution in [0.4, 0.5) is 0 Å². The molecule has 7 nitrogen and oxygen atoms in total. The zero-order chi connectivity index (χ0) is 16.2. The molecule has 0 bridgehead atoms. The van der Waals surface area contributed by atoms with Gasteiger partial charge in [0.05, 0.1) is 18.4 Å². The molecular formula is C14H26N2O5S. The van der Waals surface area contributed by atoms with Gasteiger partial charge in [-0.15, -0.1) is 0 Å². The first kappa shape index (κ1) is 17.7. The van der Waals surface area contributed by atoms with Gasteiger partial charge in [-0.05, 0) is 38.6 Å². The Labute approximate surface area is 132 Å². The third-order valence-corrected chi connectivity index (χ3v) is 5.90. The summed E-state index contributed by atoms with van der Waals surface area (Å²) >= 11 is 0. The Kier molecular flexibility index (Phi) is 6.19. The molecule has 0 amide bonds. The monoisotopic (exact) mass is 334 g/mol. The zero-order valence-electron chi connectivity index (χ0n) is 13.0. The zero-order valence-corrected chi connectivity index (χ0v) is 13.8. The van der Waals surface area contributed by atoms with E-state index in [1.54, 1.807) is 0 Å². The van der Waals surface area contributed by atoms with Crippen molar-refractivity contribution < 1.29 is 23.1 Å². The Morgan fingerprint density at radius 2 is 2.09 bits per heavy atom. The van der Waals surface area contributed by atoms with E-state index in [0.29, 0.717) is 26.0 Å². The van der Waals surface area contributed by atoms with Crippen molar-refractivity contribution in [3.05, 3.63) is 0 Å². The predicted molar refractivity (Wildman–Crippen MR) is 82.2 cm³/mol. The lowest BCUT2D eigenvalue weighted by Gasteiger charge is -2.42. The summed E-state index contributed by atoms with van der Waals surface area (Å²) in [4.78, 5) is 12.7. The normalized spacial score (nSPS) is 29.3. The van der Waals surface area contributed by atoms with Crippen LogP contribution in [0, 0.1) is 0 Å². The van der Waals surface area contributed by atoms with Gasteiger partial charge in [0.1, 0.15) is 0 Å². The molecular weight excluding hydrogens is 308 g/mol. The first-order valence-corrected chi connectivity index (χ1v) is 9.62. The van der Waals surface area contributed by atoms with Gasteiger partial charge in [-0.3, -0.25) is 9.69 Å². The number of carbonyl (C=O) groups is 1. The molecule has 1 unspecified atom stereocenters. The molecule has 22 heavy (non-hydrogen) atoms. The number of hydrogen-bond acceptors (Lipinski definition) is 5. The van der Waals surface area contributed by atoms with Crippen LogP contribution >= 0.6 is 0 Å². The summed E-state index contributed by atoms with van der Waals surface area (Å²) in [7, 11) is -3.33. The summed E-state index contributed by atoms with van der Waals surface area (Å²) in [6, 6.07) is 0.0705. The van der Waals surface area contributed by atoms with Crippen molar-refractivity contribution in [2.75, 3.05) is 25.4 Å². The lowest BCUT2D eigenvalue weighted by molar-refractivity contribution is -0.139. The largest absolute Gasteiger partial charge is 0.480 e. The van der Waals surface area contributed by atoms with Gasteiger partial charge in [-0.2, -0.15) is 0 Å². The number of hydrogen-bond donors (Lipinski definition) is 2. The summed E-state index contributed by atoms with van der Waals surface area (Å²) in [6.07, 6.45) is 3.98. The molecule has 0 aromatic carbocycles. The van der Waals surface area contributed by atoms with Crippen LogP contribution in [0.5, 0.6) is 0 Å². The number of nitrogens with one attached hydrogen (secondary N) is 1. The van der Waals surface area contributed by atoms with Crippen molar-refractivity contribution in [3.63, 3.8) is 0 Å². The summed E-state index contributed by atoms with van der Waals surface area (Å²) < 4.78 is 32.4. The third kappa shape index (κ3) is 5.19. The lowest BCUT2D eigenvalue weighted by atomic mass is 9.86. The summed E-state index contributed by atoms with van der Waals surface area (Å²) in [5.41, 5.74) is 0. The van der Waals surface area contributed by atoms with E-state index >= 15 is 0 Å². The van der Waals surface area contributed by atoms with Gasteiger partial charge in [-0.25, -0.2) is 13.1 Å². The minimum absolute atomic E-state index is 0.0105. The predicted octanol–water partition coefficient (Wildman–Crippen LogP) is 0.412. The van der Waals surface area contributed by atoms with Crippen molar-refractivity contribution in [1.82, 2.24) is 9.62 Å². The van der Waals surface area contributed by atoms with Crippen LogP contribution < -0.4 is 4.72 Å². The van der Waals surface area contributed by atoms with Crippen LogP contribution in [0.15, 0.2) is 0 Å². The number of rotatable bonds is 8. The average molecular weight is 334 g/mol. The first-order chi connectivity index (χ1) is 10.4. The number of carboxylic acid groups (broad SMARTS) is 1. The van der Waals surface area contributed by atoms with Crippen LogP contribution in [0.1, 0.15) is 39.0 Å². The van der Waals surface area contributed by atoms with Gasteiger partial charge >= 0.3 is 5.97 Å². The van der Waals surface area contributed by atoms with E-state index < -0.39 is 16.0 Å². The highest BCUT2D eigenvalue weighted by atomic mass is 32.2. The van der Waals surface area contributed by atoms with Gasteiger partial charge < -0.3 is 9.84 Å². The van der Waals surface area contributed by atoms with E-state index in [4.69, 9.17) is 9.84 Å². The second kappa shape index (κ2) is 7.72. The molecule has 0 spiro atoms. The quantitative estimate of drug-likeness (QED) is 0.667. The van der Waals surface area contributed by atoms with E-state index in [1.165, 1.54) is 0 Å². The highest BCUT2D eigenvalue weighted by Gasteiger charge is 2.36. The fraction of sp³-hybridized carbons (Fsp3) is 0.929. The standard InChI is InChI=1S/C14H26N2O5S/c1-2-16(9-14(17)18)12-7-11(8-12)15-22(19,20)10-13-5-3-4-6-21-13/h11-13,15H,2-10H2,1H3,(H,17,18). The fourth-order valence-corrected chi connectivity index (χ4v) is 4.69. The van der Waals surface area contributed by atoms with Crippen LogP contribution in [0.25, 0.3) is 0 Å². The fourth-order valence-electron chi connectivity index (χ4n) is 3.14. The van der Waals surface area contributed by atoms with E-state index in [-0.39, 0.29) is 30.5 Å². The molecule has 2 fully saturated rings. The van der Waals surface area contributed by atoms with Crippen molar-refractivity contribution in [1.29, 1.82) is 0 Å². The number of carboxylic acids is 1. The van der Waals surface area contributed by atoms with E-state index in [9.17, 15) is 13.2 Å². The molecule has 8 heteroatoms. The molecule has 128 valence electrons. The lowest BCUT2D eigenvalue weighted by Crippen LogP contribution is -2.55. The highest BCUT2D eigenvalue weighted by molar-refractivity contribution is 7.89. The number of aliphatic carboxylic acids is 1. The molecule has 1 saturated carbocycles. The van der Waals surface area contributed by atoms with Crippen LogP contribution in [0.2, 0.25) is 0 Å². The van der Waals surface area contributed by atoms with Crippen LogP contribution in [0.3, 0.4) is 0 Å². The van der Waals surface area contributed by atoms with E-state index in [0.717, 1.165) is 19.3 Å². The summed E-state index contributed by atoms with van der Waals surface area (Å²) in [6.45, 7) is 3.23. The Balaban J connectivity index is 1.74. The highest BCUT2D eigenvalue weighted by Crippen LogP contribution is 2.26. The molecule has 0 aromatic rings. The third-order valence-electron chi connectivity index (χ3n) is 4.40. The molecule has 1 atom stereocenters. The first-order valence-electron chi connectivity index (χ1n) is 7.97. The molecule has 0 radical (unpaired) electrons. The Bertz CT molecular complexity index is 470. The van der Waals surface area contributed by atoms with Gasteiger partial charge in [0.2, 0.25) is 10.0 Å². The molecule has 2 aliphatic rings. The maximum Gasteiger partial charge on any atom is 0.317 e. The molecule has 2 N–H and O–H groups in total. The maximum atomic E-state index is 12.1. The van der Waals surface area contributed by atoms with Crippen molar-refractivity contribution in [2.24, 2.45) is 0 Å². The number of ether oxygens (including phenoxy) is 1. The van der Waals surface area contributed by atoms with Crippen molar-refractivity contribution in [3.8, 4) is 0 Å². The van der Waals surface area contributed by atoms with E-state index in [2.05, 4.69) is 4.72 Å². The average Bonchev–Trinajstić information content (AvgIpc) is 2.40. The number of likely N-dealkylation sites (N-methyl/N-ethyl adjacent to an activating group) is 1. The van der Waals surface area contributed by atoms with Gasteiger partial charge in [0, 0.05) is 18.7 Å². The van der Waals surface area contributed by atoms with Crippen LogP contribution in [-0.2, 0) is 19.6 Å². The van der Waals surface area contributed by atoms with Crippen molar-refractivity contribution >= 4 is 16.0 Å². The minimum Gasteiger partial charge on any atom is -0.480 e. The SMILES string of the molecule is CCN(CC(=O)O)C1CC(NS(=O)(=O)CC2CCCCO2)C1. The summed E-state index contributed by atoms with van der Waals surface area (Å²) in [5, 5.41) is 8.85. The molecule has 1 heterocycles. The Morgan fingerprint density at radius 3 is 2.64 bits per heavy atom. The smallest absolute Gasteiger partial charge is 0.317 e.